The normalized spacial score (nSPS) is 25.3. The number of nitrogens with one attached hydrogen (secondary N) is 1. The van der Waals surface area contributed by atoms with Gasteiger partial charge in [-0.25, -0.2) is 0 Å². The summed E-state index contributed by atoms with van der Waals surface area (Å²) in [5, 5.41) is 2.52. The lowest BCUT2D eigenvalue weighted by molar-refractivity contribution is -0.116. The number of aldehydes is 1. The number of nitrogens with zero attached hydrogens (tertiary/aromatic N) is 1. The van der Waals surface area contributed by atoms with Gasteiger partial charge in [-0.1, -0.05) is 6.42 Å². The summed E-state index contributed by atoms with van der Waals surface area (Å²) in [6.45, 7) is 2.34. The number of hydrogen-bond acceptors (Lipinski definition) is 3. The Labute approximate surface area is 110 Å². The van der Waals surface area contributed by atoms with Crippen LogP contribution in [-0.4, -0.2) is 43.0 Å². The topological polar surface area (TPSA) is 32.3 Å². The lowest BCUT2D eigenvalue weighted by atomic mass is 10.0. The van der Waals surface area contributed by atoms with Crippen molar-refractivity contribution >= 4 is 6.29 Å². The van der Waals surface area contributed by atoms with E-state index in [0.29, 0.717) is 12.1 Å². The van der Waals surface area contributed by atoms with Crippen LogP contribution in [0.25, 0.3) is 0 Å². The van der Waals surface area contributed by atoms with Gasteiger partial charge in [0.15, 0.2) is 0 Å². The molecule has 2 rings (SSSR count). The van der Waals surface area contributed by atoms with E-state index in [9.17, 15) is 18.0 Å². The first-order chi connectivity index (χ1) is 9.00. The summed E-state index contributed by atoms with van der Waals surface area (Å²) in [5.41, 5.74) is -0.232. The Bertz CT molecular complexity index is 395. The minimum absolute atomic E-state index is 0.285. The van der Waals surface area contributed by atoms with Gasteiger partial charge in [-0.05, 0) is 37.6 Å². The summed E-state index contributed by atoms with van der Waals surface area (Å²) in [6, 6.07) is -1.29. The standard InChI is InChI=1S/C13H17F3N2O/c14-13(15,16)11-6-10(7-17-12(11)9-19)8-18-4-2-1-3-5-18/h6-7,9,12,17H,1-5,8H2. The average molecular weight is 274 g/mol. The van der Waals surface area contributed by atoms with E-state index in [1.807, 2.05) is 0 Å². The van der Waals surface area contributed by atoms with Gasteiger partial charge in [0.25, 0.3) is 0 Å². The van der Waals surface area contributed by atoms with Gasteiger partial charge in [-0.3, -0.25) is 4.90 Å². The molecule has 1 unspecified atom stereocenters. The third-order valence-corrected chi connectivity index (χ3v) is 3.44. The molecule has 1 N–H and O–H groups in total. The highest BCUT2D eigenvalue weighted by atomic mass is 19.4. The Morgan fingerprint density at radius 1 is 1.32 bits per heavy atom. The molecule has 1 saturated heterocycles. The van der Waals surface area contributed by atoms with Crippen molar-refractivity contribution < 1.29 is 18.0 Å². The lowest BCUT2D eigenvalue weighted by Crippen LogP contribution is -2.39. The van der Waals surface area contributed by atoms with E-state index < -0.39 is 17.8 Å². The highest BCUT2D eigenvalue weighted by Crippen LogP contribution is 2.30. The van der Waals surface area contributed by atoms with Gasteiger partial charge < -0.3 is 10.1 Å². The molecule has 0 spiro atoms. The fraction of sp³-hybridized carbons (Fsp3) is 0.615. The maximum Gasteiger partial charge on any atom is 0.415 e. The van der Waals surface area contributed by atoms with E-state index in [-0.39, 0.29) is 6.29 Å². The average Bonchev–Trinajstić information content (AvgIpc) is 2.39. The lowest BCUT2D eigenvalue weighted by Gasteiger charge is -2.29. The zero-order chi connectivity index (χ0) is 13.9. The molecule has 3 nitrogen and oxygen atoms in total. The van der Waals surface area contributed by atoms with E-state index in [1.165, 1.54) is 12.6 Å². The summed E-state index contributed by atoms with van der Waals surface area (Å²) >= 11 is 0. The minimum Gasteiger partial charge on any atom is -0.378 e. The van der Waals surface area contributed by atoms with Crippen molar-refractivity contribution in [1.29, 1.82) is 0 Å². The van der Waals surface area contributed by atoms with Crippen molar-refractivity contribution in [2.45, 2.75) is 31.5 Å². The summed E-state index contributed by atoms with van der Waals surface area (Å²) in [7, 11) is 0. The van der Waals surface area contributed by atoms with Crippen LogP contribution in [0.4, 0.5) is 13.2 Å². The third-order valence-electron chi connectivity index (χ3n) is 3.44. The van der Waals surface area contributed by atoms with E-state index in [4.69, 9.17) is 0 Å². The molecule has 106 valence electrons. The zero-order valence-corrected chi connectivity index (χ0v) is 10.5. The predicted molar refractivity (Wildman–Crippen MR) is 65.5 cm³/mol. The van der Waals surface area contributed by atoms with Gasteiger partial charge in [-0.2, -0.15) is 13.2 Å². The fourth-order valence-corrected chi connectivity index (χ4v) is 2.46. The van der Waals surface area contributed by atoms with E-state index in [0.717, 1.165) is 32.0 Å². The quantitative estimate of drug-likeness (QED) is 0.799. The summed E-state index contributed by atoms with van der Waals surface area (Å²) in [5.74, 6) is 0. The Balaban J connectivity index is 2.07. The summed E-state index contributed by atoms with van der Waals surface area (Å²) in [4.78, 5) is 12.8. The van der Waals surface area contributed by atoms with Crippen molar-refractivity contribution in [3.63, 3.8) is 0 Å². The molecule has 2 heterocycles. The number of carbonyl (C=O) groups is 1. The summed E-state index contributed by atoms with van der Waals surface area (Å²) < 4.78 is 38.5. The molecule has 0 bridgehead atoms. The van der Waals surface area contributed by atoms with Gasteiger partial charge in [-0.15, -0.1) is 0 Å². The molecule has 2 aliphatic rings. The van der Waals surface area contributed by atoms with Gasteiger partial charge in [0.05, 0.1) is 5.57 Å². The van der Waals surface area contributed by atoms with Crippen molar-refractivity contribution in [3.05, 3.63) is 23.4 Å². The van der Waals surface area contributed by atoms with Crippen LogP contribution in [0.1, 0.15) is 19.3 Å². The molecule has 0 amide bonds. The van der Waals surface area contributed by atoms with Crippen molar-refractivity contribution in [3.8, 4) is 0 Å². The van der Waals surface area contributed by atoms with Crippen molar-refractivity contribution in [2.24, 2.45) is 0 Å². The number of halogens is 3. The number of hydrogen-bond donors (Lipinski definition) is 1. The van der Waals surface area contributed by atoms with Crippen LogP contribution in [0.3, 0.4) is 0 Å². The predicted octanol–water partition coefficient (Wildman–Crippen LogP) is 2.02. The molecule has 1 atom stereocenters. The first-order valence-corrected chi connectivity index (χ1v) is 6.42. The Hall–Kier alpha value is -1.30. The molecular weight excluding hydrogens is 257 g/mol. The van der Waals surface area contributed by atoms with Gasteiger partial charge in [0.2, 0.25) is 0 Å². The SMILES string of the molecule is O=CC1NC=C(CN2CCCCC2)C=C1C(F)(F)F. The molecule has 0 aromatic carbocycles. The van der Waals surface area contributed by atoms with E-state index in [1.54, 1.807) is 0 Å². The van der Waals surface area contributed by atoms with Crippen LogP contribution in [0.2, 0.25) is 0 Å². The number of rotatable bonds is 3. The minimum atomic E-state index is -4.47. The van der Waals surface area contributed by atoms with Gasteiger partial charge in [0, 0.05) is 12.7 Å². The third kappa shape index (κ3) is 3.59. The van der Waals surface area contributed by atoms with Crippen molar-refractivity contribution in [1.82, 2.24) is 10.2 Å². The molecule has 0 aliphatic carbocycles. The Morgan fingerprint density at radius 3 is 2.58 bits per heavy atom. The van der Waals surface area contributed by atoms with E-state index >= 15 is 0 Å². The van der Waals surface area contributed by atoms with Crippen LogP contribution in [-0.2, 0) is 4.79 Å². The molecule has 19 heavy (non-hydrogen) atoms. The highest BCUT2D eigenvalue weighted by molar-refractivity contribution is 5.66. The summed E-state index contributed by atoms with van der Waals surface area (Å²) in [6.07, 6.45) is 1.80. The second-order valence-electron chi connectivity index (χ2n) is 4.93. The first-order valence-electron chi connectivity index (χ1n) is 6.42. The molecule has 0 aromatic rings. The van der Waals surface area contributed by atoms with E-state index in [2.05, 4.69) is 10.2 Å². The molecule has 0 saturated carbocycles. The van der Waals surface area contributed by atoms with Crippen LogP contribution in [0.15, 0.2) is 23.4 Å². The zero-order valence-electron chi connectivity index (χ0n) is 10.5. The Morgan fingerprint density at radius 2 is 2.00 bits per heavy atom. The number of carbonyl (C=O) groups excluding carboxylic acids is 1. The smallest absolute Gasteiger partial charge is 0.378 e. The Kier molecular flexibility index (Phi) is 4.29. The second kappa shape index (κ2) is 5.77. The molecule has 1 fully saturated rings. The number of alkyl halides is 3. The highest BCUT2D eigenvalue weighted by Gasteiger charge is 2.39. The van der Waals surface area contributed by atoms with Gasteiger partial charge >= 0.3 is 6.18 Å². The maximum absolute atomic E-state index is 12.8. The number of dihydropyridines is 1. The molecular formula is C13H17F3N2O. The van der Waals surface area contributed by atoms with Crippen LogP contribution < -0.4 is 5.32 Å². The molecule has 2 aliphatic heterocycles. The van der Waals surface area contributed by atoms with Crippen LogP contribution in [0.5, 0.6) is 0 Å². The first kappa shape index (κ1) is 14.1. The number of likely N-dealkylation sites (tertiary alicyclic amines) is 1. The van der Waals surface area contributed by atoms with Crippen LogP contribution in [0, 0.1) is 0 Å². The fourth-order valence-electron chi connectivity index (χ4n) is 2.46. The second-order valence-corrected chi connectivity index (χ2v) is 4.93. The molecule has 6 heteroatoms. The van der Waals surface area contributed by atoms with Crippen LogP contribution >= 0.6 is 0 Å². The maximum atomic E-state index is 12.8. The monoisotopic (exact) mass is 274 g/mol. The van der Waals surface area contributed by atoms with Gasteiger partial charge in [0.1, 0.15) is 12.3 Å². The number of piperidine rings is 1. The molecule has 0 radical (unpaired) electrons. The largest absolute Gasteiger partial charge is 0.415 e. The molecule has 0 aromatic heterocycles. The van der Waals surface area contributed by atoms with Crippen molar-refractivity contribution in [2.75, 3.05) is 19.6 Å².